The molecule has 0 aliphatic carbocycles. The van der Waals surface area contributed by atoms with Crippen LogP contribution in [-0.4, -0.2) is 13.0 Å². The summed E-state index contributed by atoms with van der Waals surface area (Å²) in [5.74, 6) is 0.00696. The predicted octanol–water partition coefficient (Wildman–Crippen LogP) is 2.74. The first kappa shape index (κ1) is 14.6. The van der Waals surface area contributed by atoms with Gasteiger partial charge >= 0.3 is 0 Å². The topological polar surface area (TPSA) is 70.1 Å². The summed E-state index contributed by atoms with van der Waals surface area (Å²) in [7, 11) is 1.72. The molecule has 0 spiro atoms. The van der Waals surface area contributed by atoms with Crippen molar-refractivity contribution in [3.63, 3.8) is 0 Å². The number of hydrogen-bond acceptors (Lipinski definition) is 3. The van der Waals surface area contributed by atoms with Gasteiger partial charge in [0.15, 0.2) is 0 Å². The van der Waals surface area contributed by atoms with Gasteiger partial charge in [-0.15, -0.1) is 0 Å². The fraction of sp³-hybridized carbons (Fsp3) is 0.176. The normalized spacial score (nSPS) is 9.90. The van der Waals surface area contributed by atoms with E-state index in [9.17, 15) is 4.79 Å². The Kier molecular flexibility index (Phi) is 4.57. The quantitative estimate of drug-likeness (QED) is 0.875. The molecule has 4 nitrogen and oxygen atoms in total. The van der Waals surface area contributed by atoms with E-state index in [1.807, 2.05) is 30.3 Å². The monoisotopic (exact) mass is 279 g/mol. The third kappa shape index (κ3) is 3.83. The van der Waals surface area contributed by atoms with E-state index < -0.39 is 0 Å². The van der Waals surface area contributed by atoms with E-state index in [1.165, 1.54) is 0 Å². The highest BCUT2D eigenvalue weighted by Crippen LogP contribution is 2.16. The molecule has 2 rings (SSSR count). The van der Waals surface area contributed by atoms with Crippen LogP contribution in [0.4, 0.5) is 11.4 Å². The van der Waals surface area contributed by atoms with Crippen LogP contribution in [0.15, 0.2) is 48.5 Å². The van der Waals surface area contributed by atoms with Crippen LogP contribution in [0.25, 0.3) is 0 Å². The molecule has 0 atom stereocenters. The molecule has 0 fully saturated rings. The smallest absolute Gasteiger partial charge is 0.227 e. The fourth-order valence-electron chi connectivity index (χ4n) is 2.10. The maximum absolute atomic E-state index is 12.2. The van der Waals surface area contributed by atoms with Crippen molar-refractivity contribution in [3.8, 4) is 6.07 Å². The molecule has 0 saturated heterocycles. The maximum atomic E-state index is 12.2. The summed E-state index contributed by atoms with van der Waals surface area (Å²) in [6.07, 6.45) is 1.04. The van der Waals surface area contributed by atoms with Crippen LogP contribution >= 0.6 is 0 Å². The second kappa shape index (κ2) is 6.58. The Labute approximate surface area is 124 Å². The largest absolute Gasteiger partial charge is 0.399 e. The van der Waals surface area contributed by atoms with Crippen molar-refractivity contribution in [2.45, 2.75) is 12.8 Å². The first-order chi connectivity index (χ1) is 10.1. The van der Waals surface area contributed by atoms with Crippen molar-refractivity contribution in [3.05, 3.63) is 59.7 Å². The van der Waals surface area contributed by atoms with Crippen molar-refractivity contribution in [2.75, 3.05) is 17.7 Å². The van der Waals surface area contributed by atoms with E-state index in [-0.39, 0.29) is 5.91 Å². The number of hydrogen-bond donors (Lipinski definition) is 1. The highest BCUT2D eigenvalue weighted by atomic mass is 16.2. The van der Waals surface area contributed by atoms with Gasteiger partial charge in [0, 0.05) is 24.8 Å². The highest BCUT2D eigenvalue weighted by molar-refractivity contribution is 5.93. The summed E-state index contributed by atoms with van der Waals surface area (Å²) in [6.45, 7) is 0. The lowest BCUT2D eigenvalue weighted by Gasteiger charge is -2.17. The zero-order chi connectivity index (χ0) is 15.2. The van der Waals surface area contributed by atoms with Gasteiger partial charge in [0.2, 0.25) is 5.91 Å². The maximum Gasteiger partial charge on any atom is 0.227 e. The minimum absolute atomic E-state index is 0.00696. The standard InChI is InChI=1S/C17H17N3O/c1-20(16-7-3-5-14(11-16)12-18)17(21)9-8-13-4-2-6-15(19)10-13/h2-7,10-11H,8-9,19H2,1H3. The zero-order valence-electron chi connectivity index (χ0n) is 11.9. The minimum Gasteiger partial charge on any atom is -0.399 e. The van der Waals surface area contributed by atoms with Gasteiger partial charge in [-0.2, -0.15) is 5.26 Å². The molecule has 0 saturated carbocycles. The Morgan fingerprint density at radius 1 is 1.24 bits per heavy atom. The molecular formula is C17H17N3O. The van der Waals surface area contributed by atoms with E-state index in [0.29, 0.717) is 24.1 Å². The SMILES string of the molecule is CN(C(=O)CCc1cccc(N)c1)c1cccc(C#N)c1. The van der Waals surface area contributed by atoms with Gasteiger partial charge in [-0.25, -0.2) is 0 Å². The first-order valence-electron chi connectivity index (χ1n) is 6.71. The van der Waals surface area contributed by atoms with Crippen LogP contribution in [0.3, 0.4) is 0 Å². The molecule has 2 aromatic carbocycles. The second-order valence-corrected chi connectivity index (χ2v) is 4.86. The summed E-state index contributed by atoms with van der Waals surface area (Å²) in [6, 6.07) is 16.6. The molecular weight excluding hydrogens is 262 g/mol. The first-order valence-corrected chi connectivity index (χ1v) is 6.71. The number of carbonyl (C=O) groups is 1. The Balaban J connectivity index is 2.01. The lowest BCUT2D eigenvalue weighted by atomic mass is 10.1. The number of nitriles is 1. The molecule has 0 heterocycles. The van der Waals surface area contributed by atoms with Crippen LogP contribution < -0.4 is 10.6 Å². The predicted molar refractivity (Wildman–Crippen MR) is 83.7 cm³/mol. The number of nitrogen functional groups attached to an aromatic ring is 1. The minimum atomic E-state index is 0.00696. The van der Waals surface area contributed by atoms with Crippen LogP contribution in [-0.2, 0) is 11.2 Å². The summed E-state index contributed by atoms with van der Waals surface area (Å²) >= 11 is 0. The van der Waals surface area contributed by atoms with Crippen molar-refractivity contribution in [1.82, 2.24) is 0 Å². The number of aryl methyl sites for hydroxylation is 1. The fourth-order valence-corrected chi connectivity index (χ4v) is 2.10. The molecule has 2 aromatic rings. The third-order valence-electron chi connectivity index (χ3n) is 3.32. The average molecular weight is 279 g/mol. The Morgan fingerprint density at radius 3 is 2.71 bits per heavy atom. The molecule has 0 radical (unpaired) electrons. The van der Waals surface area contributed by atoms with E-state index in [1.54, 1.807) is 30.1 Å². The summed E-state index contributed by atoms with van der Waals surface area (Å²) in [5, 5.41) is 8.90. The molecule has 106 valence electrons. The number of nitrogens with zero attached hydrogens (tertiary/aromatic N) is 2. The molecule has 0 unspecified atom stereocenters. The molecule has 0 bridgehead atoms. The highest BCUT2D eigenvalue weighted by Gasteiger charge is 2.11. The lowest BCUT2D eigenvalue weighted by molar-refractivity contribution is -0.118. The molecule has 0 aromatic heterocycles. The van der Waals surface area contributed by atoms with Gasteiger partial charge in [-0.1, -0.05) is 18.2 Å². The van der Waals surface area contributed by atoms with Crippen LogP contribution in [0.2, 0.25) is 0 Å². The number of carbonyl (C=O) groups excluding carboxylic acids is 1. The van der Waals surface area contributed by atoms with Crippen molar-refractivity contribution >= 4 is 17.3 Å². The van der Waals surface area contributed by atoms with Gasteiger partial charge < -0.3 is 10.6 Å². The van der Waals surface area contributed by atoms with E-state index in [2.05, 4.69) is 6.07 Å². The molecule has 21 heavy (non-hydrogen) atoms. The van der Waals surface area contributed by atoms with Crippen LogP contribution in [0.1, 0.15) is 17.5 Å². The van der Waals surface area contributed by atoms with Gasteiger partial charge in [0.05, 0.1) is 11.6 Å². The average Bonchev–Trinajstić information content (AvgIpc) is 2.52. The zero-order valence-corrected chi connectivity index (χ0v) is 11.9. The molecule has 0 aliphatic heterocycles. The van der Waals surface area contributed by atoms with E-state index >= 15 is 0 Å². The number of anilines is 2. The van der Waals surface area contributed by atoms with Gasteiger partial charge in [-0.05, 0) is 42.3 Å². The number of rotatable bonds is 4. The molecule has 4 heteroatoms. The number of nitrogens with two attached hydrogens (primary N) is 1. The van der Waals surface area contributed by atoms with Crippen molar-refractivity contribution < 1.29 is 4.79 Å². The van der Waals surface area contributed by atoms with Gasteiger partial charge in [0.1, 0.15) is 0 Å². The third-order valence-corrected chi connectivity index (χ3v) is 3.32. The van der Waals surface area contributed by atoms with E-state index in [0.717, 1.165) is 11.3 Å². The molecule has 2 N–H and O–H groups in total. The van der Waals surface area contributed by atoms with Crippen LogP contribution in [0, 0.1) is 11.3 Å². The molecule has 1 amide bonds. The summed E-state index contributed by atoms with van der Waals surface area (Å²) in [5.41, 5.74) is 8.74. The van der Waals surface area contributed by atoms with Crippen molar-refractivity contribution in [2.24, 2.45) is 0 Å². The Hall–Kier alpha value is -2.80. The van der Waals surface area contributed by atoms with Crippen molar-refractivity contribution in [1.29, 1.82) is 5.26 Å². The lowest BCUT2D eigenvalue weighted by Crippen LogP contribution is -2.26. The van der Waals surface area contributed by atoms with Gasteiger partial charge in [0.25, 0.3) is 0 Å². The van der Waals surface area contributed by atoms with Crippen LogP contribution in [0.5, 0.6) is 0 Å². The second-order valence-electron chi connectivity index (χ2n) is 4.86. The Bertz CT molecular complexity index is 688. The van der Waals surface area contributed by atoms with E-state index in [4.69, 9.17) is 11.0 Å². The number of amides is 1. The Morgan fingerprint density at radius 2 is 2.00 bits per heavy atom. The summed E-state index contributed by atoms with van der Waals surface area (Å²) in [4.78, 5) is 13.8. The molecule has 0 aliphatic rings. The summed E-state index contributed by atoms with van der Waals surface area (Å²) < 4.78 is 0. The number of benzene rings is 2. The van der Waals surface area contributed by atoms with Gasteiger partial charge in [-0.3, -0.25) is 4.79 Å².